The quantitative estimate of drug-likeness (QED) is 0.625. The third kappa shape index (κ3) is 2.07. The van der Waals surface area contributed by atoms with E-state index in [2.05, 4.69) is 13.0 Å². The number of hydrogen-bond donors (Lipinski definition) is 1. The van der Waals surface area contributed by atoms with Gasteiger partial charge in [0.05, 0.1) is 11.4 Å². The lowest BCUT2D eigenvalue weighted by molar-refractivity contribution is 1.04. The number of nitrogens with two attached hydrogens (primary N) is 1. The number of para-hydroxylation sites is 2. The summed E-state index contributed by atoms with van der Waals surface area (Å²) in [6, 6.07) is 18.2. The number of rotatable bonds is 3. The van der Waals surface area contributed by atoms with Crippen LogP contribution in [0.3, 0.4) is 0 Å². The summed E-state index contributed by atoms with van der Waals surface area (Å²) in [7, 11) is 0. The zero-order valence-electron chi connectivity index (χ0n) is 9.43. The summed E-state index contributed by atoms with van der Waals surface area (Å²) in [5, 5.41) is 1.73. The van der Waals surface area contributed by atoms with Crippen molar-refractivity contribution in [2.24, 2.45) is 5.84 Å². The van der Waals surface area contributed by atoms with E-state index in [0.29, 0.717) is 0 Å². The van der Waals surface area contributed by atoms with Crippen molar-refractivity contribution in [3.05, 3.63) is 60.2 Å². The number of nitrogens with zero attached hydrogens (tertiary/aromatic N) is 1. The molecule has 0 aliphatic rings. The molecule has 82 valence electrons. The van der Waals surface area contributed by atoms with E-state index >= 15 is 0 Å². The van der Waals surface area contributed by atoms with Crippen LogP contribution in [0.25, 0.3) is 0 Å². The SMILES string of the molecule is CCc1ccccc1N(N)c1ccccc1. The maximum absolute atomic E-state index is 6.13. The molecule has 0 aliphatic heterocycles. The van der Waals surface area contributed by atoms with Gasteiger partial charge in [0.15, 0.2) is 0 Å². The Bertz CT molecular complexity index is 451. The fourth-order valence-electron chi connectivity index (χ4n) is 1.77. The summed E-state index contributed by atoms with van der Waals surface area (Å²) in [6.45, 7) is 2.14. The fraction of sp³-hybridized carbons (Fsp3) is 0.143. The van der Waals surface area contributed by atoms with Crippen LogP contribution in [0.2, 0.25) is 0 Å². The first-order chi connectivity index (χ1) is 7.83. The second-order valence-corrected chi connectivity index (χ2v) is 3.69. The highest BCUT2D eigenvalue weighted by atomic mass is 15.4. The predicted molar refractivity (Wildman–Crippen MR) is 68.6 cm³/mol. The molecule has 0 aromatic heterocycles. The Hall–Kier alpha value is -1.80. The molecule has 0 unspecified atom stereocenters. The average molecular weight is 212 g/mol. The van der Waals surface area contributed by atoms with Crippen molar-refractivity contribution in [1.82, 2.24) is 0 Å². The highest BCUT2D eigenvalue weighted by Crippen LogP contribution is 2.25. The van der Waals surface area contributed by atoms with Crippen molar-refractivity contribution in [3.8, 4) is 0 Å². The summed E-state index contributed by atoms with van der Waals surface area (Å²) < 4.78 is 0. The first-order valence-electron chi connectivity index (χ1n) is 5.50. The molecule has 0 bridgehead atoms. The van der Waals surface area contributed by atoms with Gasteiger partial charge in [0, 0.05) is 0 Å². The molecular formula is C14H16N2. The van der Waals surface area contributed by atoms with E-state index in [1.54, 1.807) is 5.01 Å². The minimum Gasteiger partial charge on any atom is -0.279 e. The molecule has 2 nitrogen and oxygen atoms in total. The van der Waals surface area contributed by atoms with Gasteiger partial charge < -0.3 is 0 Å². The minimum atomic E-state index is 0.983. The van der Waals surface area contributed by atoms with Gasteiger partial charge in [-0.3, -0.25) is 5.01 Å². The topological polar surface area (TPSA) is 29.3 Å². The molecular weight excluding hydrogens is 196 g/mol. The second kappa shape index (κ2) is 4.81. The van der Waals surface area contributed by atoms with Crippen LogP contribution in [0.4, 0.5) is 11.4 Å². The predicted octanol–water partition coefficient (Wildman–Crippen LogP) is 3.26. The molecule has 0 radical (unpaired) electrons. The molecule has 2 N–H and O–H groups in total. The number of aryl methyl sites for hydroxylation is 1. The van der Waals surface area contributed by atoms with Gasteiger partial charge in [-0.05, 0) is 30.2 Å². The molecule has 2 aromatic carbocycles. The number of anilines is 2. The van der Waals surface area contributed by atoms with Crippen LogP contribution in [0, 0.1) is 0 Å². The van der Waals surface area contributed by atoms with E-state index < -0.39 is 0 Å². The molecule has 0 aliphatic carbocycles. The Morgan fingerprint density at radius 1 is 0.938 bits per heavy atom. The molecule has 2 heteroatoms. The molecule has 0 saturated carbocycles. The van der Waals surface area contributed by atoms with E-state index in [9.17, 15) is 0 Å². The largest absolute Gasteiger partial charge is 0.279 e. The lowest BCUT2D eigenvalue weighted by Gasteiger charge is -2.21. The Labute approximate surface area is 96.3 Å². The van der Waals surface area contributed by atoms with Crippen molar-refractivity contribution in [2.75, 3.05) is 5.01 Å². The zero-order chi connectivity index (χ0) is 11.4. The maximum atomic E-state index is 6.13. The summed E-state index contributed by atoms with van der Waals surface area (Å²) in [5.41, 5.74) is 3.33. The van der Waals surface area contributed by atoms with Gasteiger partial charge >= 0.3 is 0 Å². The molecule has 0 amide bonds. The molecule has 2 rings (SSSR count). The van der Waals surface area contributed by atoms with Crippen LogP contribution in [0.1, 0.15) is 12.5 Å². The Morgan fingerprint density at radius 3 is 2.25 bits per heavy atom. The summed E-state index contributed by atoms with van der Waals surface area (Å²) in [5.74, 6) is 6.13. The van der Waals surface area contributed by atoms with Gasteiger partial charge in [0.1, 0.15) is 0 Å². The van der Waals surface area contributed by atoms with Crippen LogP contribution in [0.15, 0.2) is 54.6 Å². The number of hydrazine groups is 1. The van der Waals surface area contributed by atoms with Gasteiger partial charge in [-0.15, -0.1) is 0 Å². The van der Waals surface area contributed by atoms with Crippen molar-refractivity contribution >= 4 is 11.4 Å². The highest BCUT2D eigenvalue weighted by Gasteiger charge is 2.07. The number of benzene rings is 2. The van der Waals surface area contributed by atoms with E-state index in [1.165, 1.54) is 5.56 Å². The lowest BCUT2D eigenvalue weighted by atomic mass is 10.1. The van der Waals surface area contributed by atoms with Gasteiger partial charge in [0.2, 0.25) is 0 Å². The summed E-state index contributed by atoms with van der Waals surface area (Å²) in [4.78, 5) is 0. The molecule has 0 atom stereocenters. The van der Waals surface area contributed by atoms with Crippen LogP contribution >= 0.6 is 0 Å². The van der Waals surface area contributed by atoms with E-state index in [1.807, 2.05) is 48.5 Å². The van der Waals surface area contributed by atoms with Crippen molar-refractivity contribution in [2.45, 2.75) is 13.3 Å². The van der Waals surface area contributed by atoms with Crippen molar-refractivity contribution < 1.29 is 0 Å². The minimum absolute atomic E-state index is 0.983. The van der Waals surface area contributed by atoms with Crippen LogP contribution in [-0.4, -0.2) is 0 Å². The van der Waals surface area contributed by atoms with Gasteiger partial charge in [-0.25, -0.2) is 5.84 Å². The standard InChI is InChI=1S/C14H16N2/c1-2-12-8-6-7-11-14(12)16(15)13-9-4-3-5-10-13/h3-11H,2,15H2,1H3. The molecule has 16 heavy (non-hydrogen) atoms. The molecule has 0 saturated heterocycles. The molecule has 0 spiro atoms. The van der Waals surface area contributed by atoms with Crippen LogP contribution in [-0.2, 0) is 6.42 Å². The zero-order valence-corrected chi connectivity index (χ0v) is 9.43. The first kappa shape index (κ1) is 10.7. The average Bonchev–Trinajstić information content (AvgIpc) is 2.39. The van der Waals surface area contributed by atoms with Crippen molar-refractivity contribution in [1.29, 1.82) is 0 Å². The van der Waals surface area contributed by atoms with Gasteiger partial charge in [0.25, 0.3) is 0 Å². The van der Waals surface area contributed by atoms with E-state index in [-0.39, 0.29) is 0 Å². The Kier molecular flexibility index (Phi) is 3.22. The van der Waals surface area contributed by atoms with Crippen LogP contribution < -0.4 is 10.9 Å². The monoisotopic (exact) mass is 212 g/mol. The fourth-order valence-corrected chi connectivity index (χ4v) is 1.77. The lowest BCUT2D eigenvalue weighted by Crippen LogP contribution is -2.25. The molecule has 2 aromatic rings. The first-order valence-corrected chi connectivity index (χ1v) is 5.50. The third-order valence-corrected chi connectivity index (χ3v) is 2.67. The second-order valence-electron chi connectivity index (χ2n) is 3.69. The Morgan fingerprint density at radius 2 is 1.56 bits per heavy atom. The van der Waals surface area contributed by atoms with Gasteiger partial charge in [-0.2, -0.15) is 0 Å². The third-order valence-electron chi connectivity index (χ3n) is 2.67. The number of hydrogen-bond acceptors (Lipinski definition) is 2. The van der Waals surface area contributed by atoms with Crippen molar-refractivity contribution in [3.63, 3.8) is 0 Å². The van der Waals surface area contributed by atoms with E-state index in [0.717, 1.165) is 17.8 Å². The van der Waals surface area contributed by atoms with Crippen LogP contribution in [0.5, 0.6) is 0 Å². The molecule has 0 heterocycles. The highest BCUT2D eigenvalue weighted by molar-refractivity contribution is 5.64. The summed E-state index contributed by atoms with van der Waals surface area (Å²) in [6.07, 6.45) is 0.983. The molecule has 0 fully saturated rings. The normalized spacial score (nSPS) is 10.1. The smallest absolute Gasteiger partial charge is 0.0607 e. The van der Waals surface area contributed by atoms with Gasteiger partial charge in [-0.1, -0.05) is 43.3 Å². The maximum Gasteiger partial charge on any atom is 0.0607 e. The van der Waals surface area contributed by atoms with E-state index in [4.69, 9.17) is 5.84 Å². The Balaban J connectivity index is 2.37. The summed E-state index contributed by atoms with van der Waals surface area (Å²) >= 11 is 0.